The molecule has 0 saturated carbocycles. The Morgan fingerprint density at radius 2 is 1.80 bits per heavy atom. The first kappa shape index (κ1) is 15.2. The quantitative estimate of drug-likeness (QED) is 0.744. The molecule has 0 aliphatic heterocycles. The van der Waals surface area contributed by atoms with E-state index >= 15 is 0 Å². The fraction of sp³-hybridized carbons (Fsp3) is 0.562. The molecule has 110 valence electrons. The molecule has 0 amide bonds. The first-order valence-corrected chi connectivity index (χ1v) is 7.83. The number of hydrogen-bond donors (Lipinski definition) is 0. The van der Waals surface area contributed by atoms with E-state index in [1.54, 1.807) is 0 Å². The van der Waals surface area contributed by atoms with Gasteiger partial charge in [0.1, 0.15) is 5.65 Å². The molecule has 0 aromatic carbocycles. The van der Waals surface area contributed by atoms with Gasteiger partial charge >= 0.3 is 0 Å². The Balaban J connectivity index is 2.45. The van der Waals surface area contributed by atoms with Crippen molar-refractivity contribution in [2.75, 3.05) is 18.0 Å². The van der Waals surface area contributed by atoms with Crippen molar-refractivity contribution in [3.05, 3.63) is 30.1 Å². The van der Waals surface area contributed by atoms with E-state index in [-0.39, 0.29) is 0 Å². The molecular weight excluding hydrogens is 270 g/mol. The lowest BCUT2D eigenvalue weighted by molar-refractivity contribution is 0.548. The summed E-state index contributed by atoms with van der Waals surface area (Å²) in [6, 6.07) is 6.06. The highest BCUT2D eigenvalue weighted by molar-refractivity contribution is 6.17. The number of nitrogens with zero attached hydrogens (tertiary/aromatic N) is 3. The third-order valence-corrected chi connectivity index (χ3v) is 3.46. The third kappa shape index (κ3) is 3.26. The normalized spacial score (nSPS) is 11.8. The van der Waals surface area contributed by atoms with Gasteiger partial charge in [0, 0.05) is 19.3 Å². The van der Waals surface area contributed by atoms with Gasteiger partial charge in [0.25, 0.3) is 0 Å². The molecule has 0 saturated heterocycles. The van der Waals surface area contributed by atoms with E-state index < -0.39 is 0 Å². The molecule has 3 nitrogen and oxygen atoms in total. The van der Waals surface area contributed by atoms with Crippen LogP contribution in [-0.4, -0.2) is 22.5 Å². The Morgan fingerprint density at radius 1 is 1.15 bits per heavy atom. The maximum absolute atomic E-state index is 6.18. The zero-order chi connectivity index (χ0) is 14.7. The summed E-state index contributed by atoms with van der Waals surface area (Å²) in [5.41, 5.74) is 2.05. The van der Waals surface area contributed by atoms with Crippen LogP contribution in [0.15, 0.2) is 24.4 Å². The largest absolute Gasteiger partial charge is 0.355 e. The summed E-state index contributed by atoms with van der Waals surface area (Å²) < 4.78 is 2.09. The summed E-state index contributed by atoms with van der Waals surface area (Å²) in [7, 11) is 0. The first-order valence-electron chi connectivity index (χ1n) is 7.29. The molecule has 0 aliphatic rings. The number of halogens is 1. The summed E-state index contributed by atoms with van der Waals surface area (Å²) in [5.74, 6) is 2.71. The van der Waals surface area contributed by atoms with Crippen LogP contribution >= 0.6 is 11.6 Å². The number of imidazole rings is 1. The van der Waals surface area contributed by atoms with Gasteiger partial charge < -0.3 is 9.30 Å². The molecule has 0 fully saturated rings. The van der Waals surface area contributed by atoms with Crippen molar-refractivity contribution in [3.63, 3.8) is 0 Å². The summed E-state index contributed by atoms with van der Waals surface area (Å²) in [6.07, 6.45) is 2.03. The summed E-state index contributed by atoms with van der Waals surface area (Å²) in [4.78, 5) is 7.17. The van der Waals surface area contributed by atoms with Gasteiger partial charge in [-0.1, -0.05) is 33.8 Å². The molecular formula is C16H24ClN3. The number of pyridine rings is 1. The average molecular weight is 294 g/mol. The SMILES string of the molecule is CC(C)CN(CC(C)C)c1nc2ccccn2c1CCl. The second-order valence-electron chi connectivity index (χ2n) is 6.14. The van der Waals surface area contributed by atoms with Crippen LogP contribution < -0.4 is 4.90 Å². The summed E-state index contributed by atoms with van der Waals surface area (Å²) in [6.45, 7) is 11.0. The van der Waals surface area contributed by atoms with Gasteiger partial charge in [-0.05, 0) is 24.0 Å². The Kier molecular flexibility index (Phi) is 4.92. The number of aromatic nitrogens is 2. The minimum Gasteiger partial charge on any atom is -0.355 e. The van der Waals surface area contributed by atoms with Crippen molar-refractivity contribution < 1.29 is 0 Å². The summed E-state index contributed by atoms with van der Waals surface area (Å²) >= 11 is 6.18. The molecule has 4 heteroatoms. The van der Waals surface area contributed by atoms with Crippen LogP contribution in [0.1, 0.15) is 33.4 Å². The van der Waals surface area contributed by atoms with Gasteiger partial charge in [0.05, 0.1) is 11.6 Å². The average Bonchev–Trinajstić information content (AvgIpc) is 2.75. The molecule has 2 rings (SSSR count). The summed E-state index contributed by atoms with van der Waals surface area (Å²) in [5, 5.41) is 0. The van der Waals surface area contributed by atoms with Gasteiger partial charge in [-0.3, -0.25) is 0 Å². The lowest BCUT2D eigenvalue weighted by atomic mass is 10.1. The van der Waals surface area contributed by atoms with Crippen LogP contribution in [0.4, 0.5) is 5.82 Å². The van der Waals surface area contributed by atoms with E-state index in [4.69, 9.17) is 16.6 Å². The molecule has 0 unspecified atom stereocenters. The van der Waals surface area contributed by atoms with Crippen LogP contribution in [0.2, 0.25) is 0 Å². The van der Waals surface area contributed by atoms with Crippen molar-refractivity contribution >= 4 is 23.1 Å². The number of hydrogen-bond acceptors (Lipinski definition) is 2. The number of fused-ring (bicyclic) bond motifs is 1. The van der Waals surface area contributed by atoms with Gasteiger partial charge in [-0.2, -0.15) is 0 Å². The van der Waals surface area contributed by atoms with Crippen LogP contribution in [0.5, 0.6) is 0 Å². The highest BCUT2D eigenvalue weighted by atomic mass is 35.5. The molecule has 0 bridgehead atoms. The van der Waals surface area contributed by atoms with E-state index in [0.29, 0.717) is 17.7 Å². The van der Waals surface area contributed by atoms with Crippen LogP contribution in [0.25, 0.3) is 5.65 Å². The molecule has 2 heterocycles. The Morgan fingerprint density at radius 3 is 2.35 bits per heavy atom. The molecule has 0 atom stereocenters. The van der Waals surface area contributed by atoms with Gasteiger partial charge in [-0.25, -0.2) is 4.98 Å². The monoisotopic (exact) mass is 293 g/mol. The van der Waals surface area contributed by atoms with Gasteiger partial charge in [0.15, 0.2) is 5.82 Å². The second-order valence-corrected chi connectivity index (χ2v) is 6.40. The van der Waals surface area contributed by atoms with Gasteiger partial charge in [0.2, 0.25) is 0 Å². The molecule has 0 radical (unpaired) electrons. The van der Waals surface area contributed by atoms with E-state index in [2.05, 4.69) is 37.0 Å². The predicted molar refractivity (Wildman–Crippen MR) is 86.6 cm³/mol. The van der Waals surface area contributed by atoms with Crippen molar-refractivity contribution in [2.24, 2.45) is 11.8 Å². The Bertz CT molecular complexity index is 550. The molecule has 0 spiro atoms. The van der Waals surface area contributed by atoms with E-state index in [1.165, 1.54) is 0 Å². The van der Waals surface area contributed by atoms with Gasteiger partial charge in [-0.15, -0.1) is 11.6 Å². The van der Waals surface area contributed by atoms with Crippen LogP contribution in [0, 0.1) is 11.8 Å². The Labute approximate surface area is 126 Å². The minimum atomic E-state index is 0.479. The maximum Gasteiger partial charge on any atom is 0.152 e. The minimum absolute atomic E-state index is 0.479. The fourth-order valence-electron chi connectivity index (χ4n) is 2.54. The van der Waals surface area contributed by atoms with Crippen molar-refractivity contribution in [3.8, 4) is 0 Å². The lowest BCUT2D eigenvalue weighted by Crippen LogP contribution is -2.32. The maximum atomic E-state index is 6.18. The number of rotatable bonds is 6. The zero-order valence-corrected chi connectivity index (χ0v) is 13.6. The molecule has 20 heavy (non-hydrogen) atoms. The standard InChI is InChI=1S/C16H24ClN3/c1-12(2)10-19(11-13(3)4)16-14(9-17)20-8-6-5-7-15(20)18-16/h5-8,12-13H,9-11H2,1-4H3. The zero-order valence-electron chi connectivity index (χ0n) is 12.8. The molecule has 0 aliphatic carbocycles. The van der Waals surface area contributed by atoms with E-state index in [9.17, 15) is 0 Å². The van der Waals surface area contributed by atoms with Crippen molar-refractivity contribution in [1.82, 2.24) is 9.38 Å². The molecule has 2 aromatic rings. The van der Waals surface area contributed by atoms with Crippen molar-refractivity contribution in [2.45, 2.75) is 33.6 Å². The molecule has 0 N–H and O–H groups in total. The second kappa shape index (κ2) is 6.49. The lowest BCUT2D eigenvalue weighted by Gasteiger charge is -2.27. The number of anilines is 1. The predicted octanol–water partition coefficient (Wildman–Crippen LogP) is 4.19. The van der Waals surface area contributed by atoms with E-state index in [1.807, 2.05) is 24.4 Å². The third-order valence-electron chi connectivity index (χ3n) is 3.20. The fourth-order valence-corrected chi connectivity index (χ4v) is 2.79. The number of alkyl halides is 1. The van der Waals surface area contributed by atoms with Crippen molar-refractivity contribution in [1.29, 1.82) is 0 Å². The van der Waals surface area contributed by atoms with Crippen LogP contribution in [0.3, 0.4) is 0 Å². The van der Waals surface area contributed by atoms with E-state index in [0.717, 1.165) is 30.2 Å². The molecule has 2 aromatic heterocycles. The Hall–Kier alpha value is -1.22. The topological polar surface area (TPSA) is 20.5 Å². The highest BCUT2D eigenvalue weighted by Gasteiger charge is 2.19. The van der Waals surface area contributed by atoms with Crippen LogP contribution in [-0.2, 0) is 5.88 Å². The first-order chi connectivity index (χ1) is 9.52. The highest BCUT2D eigenvalue weighted by Crippen LogP contribution is 2.25. The smallest absolute Gasteiger partial charge is 0.152 e.